The van der Waals surface area contributed by atoms with Crippen molar-refractivity contribution in [3.8, 4) is 0 Å². The normalized spacial score (nSPS) is 11.1. The standard InChI is InChI=1S/C16H21NO/c1-10-8-11(2)15-14(7-5-6-12(3)18)9-17-16(15)13(10)4/h8-9,17H,5-7H2,1-4H3. The van der Waals surface area contributed by atoms with Gasteiger partial charge in [0, 0.05) is 23.5 Å². The summed E-state index contributed by atoms with van der Waals surface area (Å²) in [4.78, 5) is 14.4. The fourth-order valence-corrected chi connectivity index (χ4v) is 2.64. The van der Waals surface area contributed by atoms with Crippen molar-refractivity contribution in [2.45, 2.75) is 47.0 Å². The highest BCUT2D eigenvalue weighted by molar-refractivity contribution is 5.90. The lowest BCUT2D eigenvalue weighted by Gasteiger charge is -2.07. The van der Waals surface area contributed by atoms with E-state index < -0.39 is 0 Å². The van der Waals surface area contributed by atoms with Gasteiger partial charge in [0.15, 0.2) is 0 Å². The molecule has 0 aliphatic heterocycles. The lowest BCUT2D eigenvalue weighted by Crippen LogP contribution is -1.93. The topological polar surface area (TPSA) is 32.9 Å². The van der Waals surface area contributed by atoms with E-state index in [1.165, 1.54) is 33.2 Å². The molecule has 0 spiro atoms. The summed E-state index contributed by atoms with van der Waals surface area (Å²) in [7, 11) is 0. The first-order valence-corrected chi connectivity index (χ1v) is 6.57. The second-order valence-electron chi connectivity index (χ2n) is 5.25. The van der Waals surface area contributed by atoms with Gasteiger partial charge in [-0.1, -0.05) is 6.07 Å². The van der Waals surface area contributed by atoms with Crippen molar-refractivity contribution in [2.75, 3.05) is 0 Å². The Labute approximate surface area is 108 Å². The molecular weight excluding hydrogens is 222 g/mol. The SMILES string of the molecule is CC(=O)CCCc1c[nH]c2c(C)c(C)cc(C)c12. The number of carbonyl (C=O) groups excluding carboxylic acids is 1. The number of fused-ring (bicyclic) bond motifs is 1. The molecule has 1 N–H and O–H groups in total. The smallest absolute Gasteiger partial charge is 0.129 e. The molecule has 0 bridgehead atoms. The number of rotatable bonds is 4. The second kappa shape index (κ2) is 4.97. The van der Waals surface area contributed by atoms with Gasteiger partial charge in [0.2, 0.25) is 0 Å². The highest BCUT2D eigenvalue weighted by atomic mass is 16.1. The third-order valence-electron chi connectivity index (χ3n) is 3.73. The third-order valence-corrected chi connectivity index (χ3v) is 3.73. The summed E-state index contributed by atoms with van der Waals surface area (Å²) in [5.41, 5.74) is 6.58. The van der Waals surface area contributed by atoms with Gasteiger partial charge in [0.1, 0.15) is 5.78 Å². The van der Waals surface area contributed by atoms with E-state index in [9.17, 15) is 4.79 Å². The molecule has 1 aromatic heterocycles. The van der Waals surface area contributed by atoms with Crippen LogP contribution in [0.5, 0.6) is 0 Å². The predicted octanol–water partition coefficient (Wildman–Crippen LogP) is 4.00. The molecule has 0 atom stereocenters. The first-order chi connectivity index (χ1) is 8.50. The van der Waals surface area contributed by atoms with Gasteiger partial charge in [-0.15, -0.1) is 0 Å². The summed E-state index contributed by atoms with van der Waals surface area (Å²) in [5, 5.41) is 1.35. The molecule has 0 radical (unpaired) electrons. The zero-order valence-corrected chi connectivity index (χ0v) is 11.7. The minimum Gasteiger partial charge on any atom is -0.361 e. The van der Waals surface area contributed by atoms with Gasteiger partial charge in [0.05, 0.1) is 0 Å². The Kier molecular flexibility index (Phi) is 3.55. The molecule has 2 heteroatoms. The Morgan fingerprint density at radius 1 is 1.22 bits per heavy atom. The van der Waals surface area contributed by atoms with E-state index in [1.54, 1.807) is 6.92 Å². The number of Topliss-reactive ketones (excluding diaryl/α,β-unsaturated/α-hetero) is 1. The Bertz CT molecular complexity index is 593. The number of H-pyrrole nitrogens is 1. The number of carbonyl (C=O) groups is 1. The maximum absolute atomic E-state index is 11.0. The van der Waals surface area contributed by atoms with E-state index >= 15 is 0 Å². The van der Waals surface area contributed by atoms with Crippen LogP contribution in [0.2, 0.25) is 0 Å². The van der Waals surface area contributed by atoms with Crippen molar-refractivity contribution in [2.24, 2.45) is 0 Å². The summed E-state index contributed by atoms with van der Waals surface area (Å²) in [6, 6.07) is 2.25. The van der Waals surface area contributed by atoms with Crippen LogP contribution < -0.4 is 0 Å². The van der Waals surface area contributed by atoms with Gasteiger partial charge < -0.3 is 9.78 Å². The molecule has 0 unspecified atom stereocenters. The molecule has 0 fully saturated rings. The van der Waals surface area contributed by atoms with Crippen LogP contribution in [-0.2, 0) is 11.2 Å². The van der Waals surface area contributed by atoms with Gasteiger partial charge in [-0.2, -0.15) is 0 Å². The molecular formula is C16H21NO. The molecule has 1 aromatic carbocycles. The fourth-order valence-electron chi connectivity index (χ4n) is 2.64. The monoisotopic (exact) mass is 243 g/mol. The molecule has 2 aromatic rings. The van der Waals surface area contributed by atoms with Crippen molar-refractivity contribution in [3.05, 3.63) is 34.5 Å². The van der Waals surface area contributed by atoms with Crippen LogP contribution in [0.15, 0.2) is 12.3 Å². The lowest BCUT2D eigenvalue weighted by atomic mass is 9.97. The van der Waals surface area contributed by atoms with Gasteiger partial charge in [-0.05, 0) is 62.8 Å². The first kappa shape index (κ1) is 12.9. The number of benzene rings is 1. The van der Waals surface area contributed by atoms with E-state index in [0.717, 1.165) is 12.8 Å². The molecule has 0 aliphatic rings. The minimum atomic E-state index is 0.276. The highest BCUT2D eigenvalue weighted by Crippen LogP contribution is 2.28. The molecule has 0 saturated heterocycles. The van der Waals surface area contributed by atoms with Crippen LogP contribution in [0, 0.1) is 20.8 Å². The van der Waals surface area contributed by atoms with Crippen molar-refractivity contribution in [1.29, 1.82) is 0 Å². The quantitative estimate of drug-likeness (QED) is 0.864. The number of hydrogen-bond donors (Lipinski definition) is 1. The fraction of sp³-hybridized carbons (Fsp3) is 0.438. The molecule has 0 amide bonds. The van der Waals surface area contributed by atoms with Gasteiger partial charge >= 0.3 is 0 Å². The van der Waals surface area contributed by atoms with E-state index in [-0.39, 0.29) is 5.78 Å². The Morgan fingerprint density at radius 3 is 2.61 bits per heavy atom. The predicted molar refractivity (Wildman–Crippen MR) is 76.1 cm³/mol. The van der Waals surface area contributed by atoms with Crippen molar-refractivity contribution in [1.82, 2.24) is 4.98 Å². The summed E-state index contributed by atoms with van der Waals surface area (Å²) in [5.74, 6) is 0.276. The first-order valence-electron chi connectivity index (χ1n) is 6.57. The lowest BCUT2D eigenvalue weighted by molar-refractivity contribution is -0.117. The van der Waals surface area contributed by atoms with Crippen LogP contribution in [0.1, 0.15) is 42.0 Å². The van der Waals surface area contributed by atoms with Crippen molar-refractivity contribution >= 4 is 16.7 Å². The zero-order chi connectivity index (χ0) is 13.3. The van der Waals surface area contributed by atoms with Gasteiger partial charge in [0.25, 0.3) is 0 Å². The zero-order valence-electron chi connectivity index (χ0n) is 11.7. The van der Waals surface area contributed by atoms with E-state index in [0.29, 0.717) is 6.42 Å². The third kappa shape index (κ3) is 2.33. The van der Waals surface area contributed by atoms with Gasteiger partial charge in [-0.25, -0.2) is 0 Å². The van der Waals surface area contributed by atoms with Crippen LogP contribution in [0.3, 0.4) is 0 Å². The second-order valence-corrected chi connectivity index (χ2v) is 5.25. The van der Waals surface area contributed by atoms with Crippen molar-refractivity contribution < 1.29 is 4.79 Å². The highest BCUT2D eigenvalue weighted by Gasteiger charge is 2.10. The summed E-state index contributed by atoms with van der Waals surface area (Å²) >= 11 is 0. The number of ketones is 1. The molecule has 0 saturated carbocycles. The Balaban J connectivity index is 2.36. The minimum absolute atomic E-state index is 0.276. The maximum Gasteiger partial charge on any atom is 0.129 e. The molecule has 0 aliphatic carbocycles. The Hall–Kier alpha value is -1.57. The summed E-state index contributed by atoms with van der Waals surface area (Å²) < 4.78 is 0. The summed E-state index contributed by atoms with van der Waals surface area (Å²) in [6.07, 6.45) is 4.69. The average Bonchev–Trinajstić information content (AvgIpc) is 2.70. The summed E-state index contributed by atoms with van der Waals surface area (Å²) in [6.45, 7) is 8.13. The number of aromatic amines is 1. The van der Waals surface area contributed by atoms with Gasteiger partial charge in [-0.3, -0.25) is 0 Å². The Morgan fingerprint density at radius 2 is 1.94 bits per heavy atom. The van der Waals surface area contributed by atoms with Crippen LogP contribution in [-0.4, -0.2) is 10.8 Å². The van der Waals surface area contributed by atoms with E-state index in [2.05, 4.69) is 38.0 Å². The van der Waals surface area contributed by atoms with Crippen LogP contribution >= 0.6 is 0 Å². The van der Waals surface area contributed by atoms with Crippen LogP contribution in [0.4, 0.5) is 0 Å². The molecule has 2 nitrogen and oxygen atoms in total. The van der Waals surface area contributed by atoms with E-state index in [4.69, 9.17) is 0 Å². The number of nitrogens with one attached hydrogen (secondary N) is 1. The molecule has 2 rings (SSSR count). The molecule has 96 valence electrons. The molecule has 1 heterocycles. The maximum atomic E-state index is 11.0. The number of hydrogen-bond acceptors (Lipinski definition) is 1. The average molecular weight is 243 g/mol. The van der Waals surface area contributed by atoms with Crippen LogP contribution in [0.25, 0.3) is 10.9 Å². The van der Waals surface area contributed by atoms with Crippen molar-refractivity contribution in [3.63, 3.8) is 0 Å². The largest absolute Gasteiger partial charge is 0.361 e. The van der Waals surface area contributed by atoms with E-state index in [1.807, 2.05) is 0 Å². The number of aryl methyl sites for hydroxylation is 4. The number of aromatic nitrogens is 1. The molecule has 18 heavy (non-hydrogen) atoms.